The van der Waals surface area contributed by atoms with Crippen molar-refractivity contribution in [3.8, 4) is 0 Å². The average molecular weight is 360 g/mol. The van der Waals surface area contributed by atoms with Crippen LogP contribution in [0.2, 0.25) is 0 Å². The predicted molar refractivity (Wildman–Crippen MR) is 108 cm³/mol. The zero-order valence-corrected chi connectivity index (χ0v) is 15.6. The Labute approximate surface area is 157 Å². The van der Waals surface area contributed by atoms with Crippen LogP contribution in [0.1, 0.15) is 45.4 Å². The highest BCUT2D eigenvalue weighted by Gasteiger charge is 1.94. The summed E-state index contributed by atoms with van der Waals surface area (Å²) in [7, 11) is 0. The maximum absolute atomic E-state index is 10.3. The molecule has 0 fully saturated rings. The molecule has 3 N–H and O–H groups in total. The van der Waals surface area contributed by atoms with Crippen LogP contribution in [0.3, 0.4) is 0 Å². The van der Waals surface area contributed by atoms with Crippen LogP contribution in [0.5, 0.6) is 0 Å². The molecule has 4 nitrogen and oxygen atoms in total. The van der Waals surface area contributed by atoms with Crippen molar-refractivity contribution in [1.29, 1.82) is 0 Å². The normalized spacial score (nSPS) is 15.5. The molecule has 0 radical (unpaired) electrons. The van der Waals surface area contributed by atoms with Gasteiger partial charge in [-0.25, -0.2) is 0 Å². The number of carboxylic acids is 1. The van der Waals surface area contributed by atoms with Crippen molar-refractivity contribution in [2.45, 2.75) is 57.7 Å². The van der Waals surface area contributed by atoms with Crippen LogP contribution in [0.15, 0.2) is 72.9 Å². The van der Waals surface area contributed by atoms with E-state index < -0.39 is 18.2 Å². The fourth-order valence-electron chi connectivity index (χ4n) is 1.90. The van der Waals surface area contributed by atoms with E-state index in [1.54, 1.807) is 24.3 Å². The molecular formula is C22H32O4. The van der Waals surface area contributed by atoms with Gasteiger partial charge in [-0.2, -0.15) is 0 Å². The lowest BCUT2D eigenvalue weighted by Crippen LogP contribution is -1.98. The van der Waals surface area contributed by atoms with Crippen molar-refractivity contribution in [3.05, 3.63) is 72.9 Å². The number of hydrogen-bond acceptors (Lipinski definition) is 3. The molecule has 26 heavy (non-hydrogen) atoms. The summed E-state index contributed by atoms with van der Waals surface area (Å²) in [6, 6.07) is 0. The van der Waals surface area contributed by atoms with E-state index in [-0.39, 0.29) is 6.42 Å². The second kappa shape index (κ2) is 17.6. The first-order valence-corrected chi connectivity index (χ1v) is 9.10. The van der Waals surface area contributed by atoms with Gasteiger partial charge in [0.1, 0.15) is 0 Å². The molecule has 0 spiro atoms. The standard InChI is InChI=1S/C22H32O4/c1-2-3-10-15-20(23)17-12-8-9-13-18-21(24)16-11-6-4-5-7-14-19-22(25)26/h3,5-13,17-18,20-21,23-24H,2,4,14-16,19H2,1H3,(H,25,26)/b7-5-,9-8+,10-3-,11-6-,17-12-,18-13+/t20-,21?/m0/s1. The quantitative estimate of drug-likeness (QED) is 0.315. The zero-order valence-electron chi connectivity index (χ0n) is 15.6. The molecule has 144 valence electrons. The minimum Gasteiger partial charge on any atom is -0.481 e. The number of hydrogen-bond donors (Lipinski definition) is 3. The van der Waals surface area contributed by atoms with Gasteiger partial charge in [-0.3, -0.25) is 4.79 Å². The Morgan fingerprint density at radius 3 is 1.88 bits per heavy atom. The number of aliphatic hydroxyl groups is 2. The van der Waals surface area contributed by atoms with Crippen molar-refractivity contribution in [2.24, 2.45) is 0 Å². The SMILES string of the molecule is CC/C=C\C[C@H](O)\C=C/C=C/C=C/C(O)C/C=C\C/C=C\CCC(=O)O. The minimum absolute atomic E-state index is 0.154. The van der Waals surface area contributed by atoms with Gasteiger partial charge in [-0.1, -0.05) is 79.8 Å². The first-order chi connectivity index (χ1) is 12.6. The number of allylic oxidation sites excluding steroid dienone is 8. The van der Waals surface area contributed by atoms with Gasteiger partial charge in [-0.05, 0) is 32.1 Å². The van der Waals surface area contributed by atoms with E-state index in [0.29, 0.717) is 19.3 Å². The molecular weight excluding hydrogens is 328 g/mol. The highest BCUT2D eigenvalue weighted by atomic mass is 16.4. The van der Waals surface area contributed by atoms with Crippen molar-refractivity contribution in [1.82, 2.24) is 0 Å². The second-order valence-corrected chi connectivity index (χ2v) is 5.75. The fourth-order valence-corrected chi connectivity index (χ4v) is 1.90. The van der Waals surface area contributed by atoms with Crippen molar-refractivity contribution in [2.75, 3.05) is 0 Å². The molecule has 0 aliphatic heterocycles. The molecule has 0 rings (SSSR count). The van der Waals surface area contributed by atoms with E-state index in [0.717, 1.165) is 12.8 Å². The number of aliphatic hydroxyl groups excluding tert-OH is 2. The molecule has 1 unspecified atom stereocenters. The highest BCUT2D eigenvalue weighted by Crippen LogP contribution is 2.00. The maximum atomic E-state index is 10.3. The van der Waals surface area contributed by atoms with Gasteiger partial charge in [0.15, 0.2) is 0 Å². The Bertz CT molecular complexity index is 524. The summed E-state index contributed by atoms with van der Waals surface area (Å²) in [6.45, 7) is 2.06. The van der Waals surface area contributed by atoms with Crippen LogP contribution in [0.25, 0.3) is 0 Å². The molecule has 0 heterocycles. The van der Waals surface area contributed by atoms with Crippen LogP contribution < -0.4 is 0 Å². The van der Waals surface area contributed by atoms with Crippen molar-refractivity contribution in [3.63, 3.8) is 0 Å². The molecule has 0 saturated heterocycles. The van der Waals surface area contributed by atoms with Gasteiger partial charge in [-0.15, -0.1) is 0 Å². The van der Waals surface area contributed by atoms with Gasteiger partial charge >= 0.3 is 5.97 Å². The van der Waals surface area contributed by atoms with Gasteiger partial charge in [0.2, 0.25) is 0 Å². The minimum atomic E-state index is -0.787. The summed E-state index contributed by atoms with van der Waals surface area (Å²) >= 11 is 0. The summed E-state index contributed by atoms with van der Waals surface area (Å²) in [4.78, 5) is 10.3. The largest absolute Gasteiger partial charge is 0.481 e. The van der Waals surface area contributed by atoms with E-state index in [2.05, 4.69) is 6.92 Å². The molecule has 0 aromatic carbocycles. The molecule has 0 aromatic heterocycles. The lowest BCUT2D eigenvalue weighted by molar-refractivity contribution is -0.136. The molecule has 2 atom stereocenters. The van der Waals surface area contributed by atoms with Gasteiger partial charge in [0.05, 0.1) is 12.2 Å². The highest BCUT2D eigenvalue weighted by molar-refractivity contribution is 5.66. The van der Waals surface area contributed by atoms with E-state index >= 15 is 0 Å². The number of carbonyl (C=O) groups is 1. The third-order valence-electron chi connectivity index (χ3n) is 3.29. The molecule has 0 bridgehead atoms. The Morgan fingerprint density at radius 2 is 1.35 bits per heavy atom. The average Bonchev–Trinajstić information content (AvgIpc) is 2.60. The molecule has 4 heteroatoms. The topological polar surface area (TPSA) is 77.8 Å². The Kier molecular flexibility index (Phi) is 16.2. The van der Waals surface area contributed by atoms with Crippen LogP contribution in [0.4, 0.5) is 0 Å². The van der Waals surface area contributed by atoms with E-state index in [9.17, 15) is 15.0 Å². The van der Waals surface area contributed by atoms with E-state index in [1.807, 2.05) is 48.6 Å². The third kappa shape index (κ3) is 18.2. The summed E-state index contributed by atoms with van der Waals surface area (Å²) in [5, 5.41) is 28.0. The van der Waals surface area contributed by atoms with Crippen LogP contribution in [-0.4, -0.2) is 33.5 Å². The Hall–Kier alpha value is -2.17. The van der Waals surface area contributed by atoms with Crippen LogP contribution in [-0.2, 0) is 4.79 Å². The molecule has 0 aromatic rings. The van der Waals surface area contributed by atoms with Gasteiger partial charge in [0.25, 0.3) is 0 Å². The zero-order chi connectivity index (χ0) is 19.5. The van der Waals surface area contributed by atoms with Crippen molar-refractivity contribution >= 4 is 5.97 Å². The summed E-state index contributed by atoms with van der Waals surface area (Å²) in [5.41, 5.74) is 0. The van der Waals surface area contributed by atoms with Crippen LogP contribution >= 0.6 is 0 Å². The Balaban J connectivity index is 3.87. The lowest BCUT2D eigenvalue weighted by Gasteiger charge is -1.99. The summed E-state index contributed by atoms with van der Waals surface area (Å²) in [5.74, 6) is -0.787. The Morgan fingerprint density at radius 1 is 0.808 bits per heavy atom. The molecule has 0 amide bonds. The summed E-state index contributed by atoms with van der Waals surface area (Å²) in [6.07, 6.45) is 24.8. The molecule has 0 aliphatic carbocycles. The second-order valence-electron chi connectivity index (χ2n) is 5.75. The third-order valence-corrected chi connectivity index (χ3v) is 3.29. The van der Waals surface area contributed by atoms with E-state index in [1.165, 1.54) is 0 Å². The first-order valence-electron chi connectivity index (χ1n) is 9.10. The maximum Gasteiger partial charge on any atom is 0.303 e. The monoisotopic (exact) mass is 360 g/mol. The number of rotatable bonds is 14. The number of aliphatic carboxylic acids is 1. The first kappa shape index (κ1) is 23.8. The van der Waals surface area contributed by atoms with E-state index in [4.69, 9.17) is 5.11 Å². The molecule has 0 saturated carbocycles. The predicted octanol–water partition coefficient (Wildman–Crippen LogP) is 4.49. The van der Waals surface area contributed by atoms with Crippen LogP contribution in [0, 0.1) is 0 Å². The lowest BCUT2D eigenvalue weighted by atomic mass is 10.2. The summed E-state index contributed by atoms with van der Waals surface area (Å²) < 4.78 is 0. The smallest absolute Gasteiger partial charge is 0.303 e. The van der Waals surface area contributed by atoms with Gasteiger partial charge in [0, 0.05) is 6.42 Å². The number of carboxylic acid groups (broad SMARTS) is 1. The molecule has 0 aliphatic rings. The van der Waals surface area contributed by atoms with Crippen molar-refractivity contribution < 1.29 is 20.1 Å². The fraction of sp³-hybridized carbons (Fsp3) is 0.409. The van der Waals surface area contributed by atoms with Gasteiger partial charge < -0.3 is 15.3 Å².